The summed E-state index contributed by atoms with van der Waals surface area (Å²) < 4.78 is 5.92. The molecule has 10 heteroatoms. The third-order valence-electron chi connectivity index (χ3n) is 5.18. The van der Waals surface area contributed by atoms with Crippen LogP contribution in [0.2, 0.25) is 10.0 Å². The number of nitrogens with one attached hydrogen (secondary N) is 2. The van der Waals surface area contributed by atoms with Crippen LogP contribution in [-0.4, -0.2) is 43.7 Å². The monoisotopic (exact) mass is 495 g/mol. The van der Waals surface area contributed by atoms with Crippen molar-refractivity contribution < 1.29 is 9.53 Å². The minimum Gasteiger partial charge on any atom is -0.492 e. The Balaban J connectivity index is 0.00000289. The lowest BCUT2D eigenvalue weighted by Gasteiger charge is -2.31. The lowest BCUT2D eigenvalue weighted by Crippen LogP contribution is -2.43. The predicted octanol–water partition coefficient (Wildman–Crippen LogP) is 4.61. The number of hydrogen-bond donors (Lipinski definition) is 3. The number of fused-ring (bicyclic) bond motifs is 1. The highest BCUT2D eigenvalue weighted by atomic mass is 35.5. The number of nitrogens with zero attached hydrogens (tertiary/aromatic N) is 2. The number of carbonyl (C=O) groups excluding carboxylic acids is 1. The first-order valence-electron chi connectivity index (χ1n) is 10.1. The van der Waals surface area contributed by atoms with Gasteiger partial charge in [-0.1, -0.05) is 29.3 Å². The lowest BCUT2D eigenvalue weighted by molar-refractivity contribution is 0.100. The number of nitrogens with two attached hydrogens (primary N) is 1. The molecule has 4 N–H and O–H groups in total. The van der Waals surface area contributed by atoms with Crippen LogP contribution in [-0.2, 0) is 0 Å². The number of primary amides is 1. The van der Waals surface area contributed by atoms with Gasteiger partial charge in [0.05, 0.1) is 44.8 Å². The fourth-order valence-electron chi connectivity index (χ4n) is 3.69. The maximum Gasteiger partial charge on any atom is 0.252 e. The summed E-state index contributed by atoms with van der Waals surface area (Å²) in [7, 11) is 0. The number of anilines is 3. The number of ether oxygens (including phenoxy) is 1. The smallest absolute Gasteiger partial charge is 0.252 e. The molecule has 1 saturated heterocycles. The number of aromatic nitrogens is 1. The molecular weight excluding hydrogens is 473 g/mol. The Bertz CT molecular complexity index is 1140. The second-order valence-corrected chi connectivity index (χ2v) is 7.93. The van der Waals surface area contributed by atoms with Gasteiger partial charge in [0.15, 0.2) is 0 Å². The summed E-state index contributed by atoms with van der Waals surface area (Å²) in [5.74, 6) is 0.163. The Labute approximate surface area is 202 Å². The van der Waals surface area contributed by atoms with Gasteiger partial charge in [-0.2, -0.15) is 0 Å². The molecule has 1 amide bonds. The second kappa shape index (κ2) is 10.4. The number of pyridine rings is 1. The molecule has 32 heavy (non-hydrogen) atoms. The molecule has 0 spiro atoms. The molecule has 0 atom stereocenters. The van der Waals surface area contributed by atoms with Gasteiger partial charge in [-0.3, -0.25) is 9.78 Å². The fourth-order valence-corrected chi connectivity index (χ4v) is 4.04. The molecule has 0 bridgehead atoms. The molecule has 2 heterocycles. The predicted molar refractivity (Wildman–Crippen MR) is 134 cm³/mol. The van der Waals surface area contributed by atoms with Gasteiger partial charge in [-0.05, 0) is 25.1 Å². The number of amides is 1. The van der Waals surface area contributed by atoms with Crippen molar-refractivity contribution in [3.63, 3.8) is 0 Å². The van der Waals surface area contributed by atoms with E-state index in [0.717, 1.165) is 43.0 Å². The molecule has 4 rings (SSSR count). The zero-order chi connectivity index (χ0) is 22.0. The van der Waals surface area contributed by atoms with E-state index in [2.05, 4.69) is 20.5 Å². The third-order valence-corrected chi connectivity index (χ3v) is 6.00. The molecule has 0 unspecified atom stereocenters. The summed E-state index contributed by atoms with van der Waals surface area (Å²) in [6, 6.07) is 9.16. The van der Waals surface area contributed by atoms with Gasteiger partial charge in [0, 0.05) is 43.8 Å². The normalized spacial score (nSPS) is 13.5. The van der Waals surface area contributed by atoms with E-state index < -0.39 is 5.91 Å². The maximum absolute atomic E-state index is 12.2. The van der Waals surface area contributed by atoms with Crippen LogP contribution < -0.4 is 26.0 Å². The molecule has 1 aliphatic heterocycles. The highest BCUT2D eigenvalue weighted by Crippen LogP contribution is 2.39. The van der Waals surface area contributed by atoms with E-state index >= 15 is 0 Å². The van der Waals surface area contributed by atoms with Crippen molar-refractivity contribution in [2.45, 2.75) is 6.92 Å². The van der Waals surface area contributed by atoms with Gasteiger partial charge in [-0.15, -0.1) is 12.4 Å². The summed E-state index contributed by atoms with van der Waals surface area (Å²) in [5.41, 5.74) is 8.65. The Morgan fingerprint density at radius 1 is 1.28 bits per heavy atom. The van der Waals surface area contributed by atoms with Crippen molar-refractivity contribution in [1.29, 1.82) is 0 Å². The van der Waals surface area contributed by atoms with Crippen molar-refractivity contribution in [3.8, 4) is 5.75 Å². The molecule has 170 valence electrons. The summed E-state index contributed by atoms with van der Waals surface area (Å²) in [4.78, 5) is 18.9. The van der Waals surface area contributed by atoms with Crippen molar-refractivity contribution >= 4 is 69.5 Å². The van der Waals surface area contributed by atoms with Crippen LogP contribution in [0.5, 0.6) is 5.75 Å². The molecule has 0 aliphatic carbocycles. The van der Waals surface area contributed by atoms with E-state index in [1.165, 1.54) is 6.20 Å². The van der Waals surface area contributed by atoms with Crippen molar-refractivity contribution in [3.05, 3.63) is 52.1 Å². The van der Waals surface area contributed by atoms with E-state index in [0.29, 0.717) is 33.5 Å². The van der Waals surface area contributed by atoms with Gasteiger partial charge in [0.1, 0.15) is 5.75 Å². The molecule has 2 aromatic carbocycles. The van der Waals surface area contributed by atoms with Crippen LogP contribution in [0.1, 0.15) is 17.3 Å². The number of halogens is 3. The van der Waals surface area contributed by atoms with E-state index in [1.807, 2.05) is 19.1 Å². The third kappa shape index (κ3) is 4.81. The standard InChI is InChI=1S/C22H23Cl2N5O2.ClH/c1-2-31-19-11-17-13(10-18(19)29-8-6-26-7-9-29)21(14(12-27-17)22(25)30)28-16-5-3-4-15(23)20(16)24;/h3-5,10-12,26H,2,6-9H2,1H3,(H2,25,30)(H,27,28);1H. The summed E-state index contributed by atoms with van der Waals surface area (Å²) in [6.07, 6.45) is 1.46. The summed E-state index contributed by atoms with van der Waals surface area (Å²) in [5, 5.41) is 8.12. The first kappa shape index (κ1) is 24.2. The highest BCUT2D eigenvalue weighted by molar-refractivity contribution is 6.43. The van der Waals surface area contributed by atoms with E-state index in [9.17, 15) is 4.79 Å². The number of piperazine rings is 1. The topological polar surface area (TPSA) is 92.5 Å². The zero-order valence-electron chi connectivity index (χ0n) is 17.5. The van der Waals surface area contributed by atoms with Gasteiger partial charge in [0.25, 0.3) is 5.91 Å². The van der Waals surface area contributed by atoms with Crippen LogP contribution in [0, 0.1) is 0 Å². The summed E-state index contributed by atoms with van der Waals surface area (Å²) >= 11 is 12.6. The molecule has 0 radical (unpaired) electrons. The Morgan fingerprint density at radius 2 is 2.03 bits per heavy atom. The Morgan fingerprint density at radius 3 is 2.72 bits per heavy atom. The molecule has 3 aromatic rings. The number of hydrogen-bond acceptors (Lipinski definition) is 6. The lowest BCUT2D eigenvalue weighted by atomic mass is 10.1. The average molecular weight is 497 g/mol. The van der Waals surface area contributed by atoms with Crippen LogP contribution in [0.4, 0.5) is 17.1 Å². The molecular formula is C22H24Cl3N5O2. The van der Waals surface area contributed by atoms with E-state index in [1.54, 1.807) is 18.2 Å². The van der Waals surface area contributed by atoms with Crippen molar-refractivity contribution in [2.24, 2.45) is 5.73 Å². The highest BCUT2D eigenvalue weighted by Gasteiger charge is 2.21. The van der Waals surface area contributed by atoms with Gasteiger partial charge >= 0.3 is 0 Å². The van der Waals surface area contributed by atoms with Gasteiger partial charge in [-0.25, -0.2) is 0 Å². The van der Waals surface area contributed by atoms with Crippen LogP contribution in [0.15, 0.2) is 36.5 Å². The van der Waals surface area contributed by atoms with Crippen molar-refractivity contribution in [1.82, 2.24) is 10.3 Å². The van der Waals surface area contributed by atoms with E-state index in [4.69, 9.17) is 33.7 Å². The van der Waals surface area contributed by atoms with Crippen LogP contribution in [0.25, 0.3) is 10.9 Å². The number of carbonyl (C=O) groups is 1. The first-order chi connectivity index (χ1) is 15.0. The molecule has 7 nitrogen and oxygen atoms in total. The quantitative estimate of drug-likeness (QED) is 0.461. The molecule has 1 fully saturated rings. The SMILES string of the molecule is CCOc1cc2ncc(C(N)=O)c(Nc3cccc(Cl)c3Cl)c2cc1N1CCNCC1.Cl. The molecule has 1 aliphatic rings. The minimum atomic E-state index is -0.590. The fraction of sp³-hybridized carbons (Fsp3) is 0.273. The first-order valence-corrected chi connectivity index (χ1v) is 10.8. The number of benzene rings is 2. The molecule has 1 aromatic heterocycles. The van der Waals surface area contributed by atoms with Gasteiger partial charge < -0.3 is 26.0 Å². The van der Waals surface area contributed by atoms with Gasteiger partial charge in [0.2, 0.25) is 0 Å². The van der Waals surface area contributed by atoms with Crippen LogP contribution in [0.3, 0.4) is 0 Å². The van der Waals surface area contributed by atoms with Crippen molar-refractivity contribution in [2.75, 3.05) is 43.0 Å². The zero-order valence-corrected chi connectivity index (χ0v) is 19.8. The summed E-state index contributed by atoms with van der Waals surface area (Å²) in [6.45, 7) is 5.93. The van der Waals surface area contributed by atoms with Crippen LogP contribution >= 0.6 is 35.6 Å². The maximum atomic E-state index is 12.2. The Hall–Kier alpha value is -2.45. The van der Waals surface area contributed by atoms with E-state index in [-0.39, 0.29) is 18.0 Å². The Kier molecular flexibility index (Phi) is 7.90. The largest absolute Gasteiger partial charge is 0.492 e. The second-order valence-electron chi connectivity index (χ2n) is 7.14. The average Bonchev–Trinajstić information content (AvgIpc) is 2.77. The minimum absolute atomic E-state index is 0. The number of rotatable bonds is 6. The molecule has 0 saturated carbocycles.